The first-order valence-corrected chi connectivity index (χ1v) is 4.68. The van der Waals surface area contributed by atoms with Crippen molar-refractivity contribution in [3.8, 4) is 11.8 Å². The number of hydrogen-bond donors (Lipinski definition) is 1. The number of aliphatic hydroxyl groups is 1. The van der Waals surface area contributed by atoms with Gasteiger partial charge in [-0.15, -0.1) is 0 Å². The van der Waals surface area contributed by atoms with E-state index in [1.54, 1.807) is 6.92 Å². The molecule has 1 rings (SSSR count). The molecule has 74 valence electrons. The molecule has 13 heavy (non-hydrogen) atoms. The zero-order valence-electron chi connectivity index (χ0n) is 7.95. The Morgan fingerprint density at radius 1 is 1.62 bits per heavy atom. The lowest BCUT2D eigenvalue weighted by molar-refractivity contribution is -0.154. The second-order valence-corrected chi connectivity index (χ2v) is 3.10. The monoisotopic (exact) mass is 184 g/mol. The van der Waals surface area contributed by atoms with Gasteiger partial charge < -0.3 is 14.6 Å². The lowest BCUT2D eigenvalue weighted by Gasteiger charge is -2.21. The Morgan fingerprint density at radius 3 is 3.08 bits per heavy atom. The van der Waals surface area contributed by atoms with Crippen LogP contribution >= 0.6 is 0 Å². The topological polar surface area (TPSA) is 38.7 Å². The van der Waals surface area contributed by atoms with Crippen LogP contribution in [0.1, 0.15) is 26.2 Å². The molecule has 1 saturated heterocycles. The molecule has 1 aliphatic rings. The van der Waals surface area contributed by atoms with E-state index in [2.05, 4.69) is 11.8 Å². The third-order valence-electron chi connectivity index (χ3n) is 1.79. The Bertz CT molecular complexity index is 184. The van der Waals surface area contributed by atoms with Crippen molar-refractivity contribution >= 4 is 0 Å². The average Bonchev–Trinajstić information content (AvgIpc) is 2.14. The van der Waals surface area contributed by atoms with Crippen LogP contribution in [0.3, 0.4) is 0 Å². The van der Waals surface area contributed by atoms with Crippen molar-refractivity contribution in [2.75, 3.05) is 13.2 Å². The second-order valence-electron chi connectivity index (χ2n) is 3.10. The molecular formula is C10H16O3. The highest BCUT2D eigenvalue weighted by Crippen LogP contribution is 2.12. The maximum atomic E-state index is 8.83. The highest BCUT2D eigenvalue weighted by atomic mass is 16.7. The summed E-state index contributed by atoms with van der Waals surface area (Å²) in [4.78, 5) is 0. The smallest absolute Gasteiger partial charge is 0.158 e. The molecule has 0 spiro atoms. The normalized spacial score (nSPS) is 24.6. The number of ether oxygens (including phenoxy) is 2. The van der Waals surface area contributed by atoms with Gasteiger partial charge in [-0.1, -0.05) is 11.8 Å². The van der Waals surface area contributed by atoms with Gasteiger partial charge in [-0.25, -0.2) is 0 Å². The fourth-order valence-electron chi connectivity index (χ4n) is 1.17. The van der Waals surface area contributed by atoms with Crippen LogP contribution in [0.4, 0.5) is 0 Å². The van der Waals surface area contributed by atoms with Crippen LogP contribution in [0.25, 0.3) is 0 Å². The van der Waals surface area contributed by atoms with Crippen LogP contribution in [0.15, 0.2) is 0 Å². The molecule has 1 N–H and O–H groups in total. The van der Waals surface area contributed by atoms with E-state index in [1.165, 1.54) is 0 Å². The minimum Gasteiger partial charge on any atom is -0.381 e. The molecule has 1 fully saturated rings. The molecule has 1 aliphatic heterocycles. The van der Waals surface area contributed by atoms with E-state index >= 15 is 0 Å². The fraction of sp³-hybridized carbons (Fsp3) is 0.800. The largest absolute Gasteiger partial charge is 0.381 e. The van der Waals surface area contributed by atoms with Gasteiger partial charge in [0.2, 0.25) is 0 Å². The van der Waals surface area contributed by atoms with Crippen molar-refractivity contribution in [2.24, 2.45) is 0 Å². The maximum absolute atomic E-state index is 8.83. The SMILES string of the molecule is CC(O)C#CCOC1CCCCO1. The Kier molecular flexibility index (Phi) is 4.84. The first-order valence-electron chi connectivity index (χ1n) is 4.68. The lowest BCUT2D eigenvalue weighted by atomic mass is 10.2. The summed E-state index contributed by atoms with van der Waals surface area (Å²) in [6, 6.07) is 0. The van der Waals surface area contributed by atoms with E-state index < -0.39 is 6.10 Å². The minimum absolute atomic E-state index is 0.0861. The van der Waals surface area contributed by atoms with Crippen molar-refractivity contribution < 1.29 is 14.6 Å². The van der Waals surface area contributed by atoms with Gasteiger partial charge in [-0.3, -0.25) is 0 Å². The predicted octanol–water partition coefficient (Wildman–Crippen LogP) is 0.914. The van der Waals surface area contributed by atoms with Gasteiger partial charge in [0.05, 0.1) is 0 Å². The van der Waals surface area contributed by atoms with Gasteiger partial charge in [0, 0.05) is 6.61 Å². The summed E-state index contributed by atoms with van der Waals surface area (Å²) >= 11 is 0. The molecular weight excluding hydrogens is 168 g/mol. The molecule has 1 heterocycles. The van der Waals surface area contributed by atoms with E-state index in [4.69, 9.17) is 14.6 Å². The van der Waals surface area contributed by atoms with Crippen molar-refractivity contribution in [3.05, 3.63) is 0 Å². The van der Waals surface area contributed by atoms with Crippen molar-refractivity contribution in [1.82, 2.24) is 0 Å². The zero-order chi connectivity index (χ0) is 9.52. The molecule has 3 nitrogen and oxygen atoms in total. The van der Waals surface area contributed by atoms with E-state index in [1.807, 2.05) is 0 Å². The Morgan fingerprint density at radius 2 is 2.46 bits per heavy atom. The summed E-state index contributed by atoms with van der Waals surface area (Å²) in [7, 11) is 0. The summed E-state index contributed by atoms with van der Waals surface area (Å²) in [5, 5.41) is 8.83. The van der Waals surface area contributed by atoms with Crippen LogP contribution in [0.2, 0.25) is 0 Å². The van der Waals surface area contributed by atoms with Gasteiger partial charge >= 0.3 is 0 Å². The molecule has 0 saturated carbocycles. The van der Waals surface area contributed by atoms with Gasteiger partial charge in [0.15, 0.2) is 6.29 Å². The van der Waals surface area contributed by atoms with Gasteiger partial charge in [0.1, 0.15) is 12.7 Å². The molecule has 0 bridgehead atoms. The summed E-state index contributed by atoms with van der Waals surface area (Å²) in [6.45, 7) is 2.76. The lowest BCUT2D eigenvalue weighted by Crippen LogP contribution is -2.22. The van der Waals surface area contributed by atoms with E-state index in [0.29, 0.717) is 6.61 Å². The summed E-state index contributed by atoms with van der Waals surface area (Å²) in [5.74, 6) is 5.34. The molecule has 0 aliphatic carbocycles. The predicted molar refractivity (Wildman–Crippen MR) is 49.0 cm³/mol. The summed E-state index contributed by atoms with van der Waals surface area (Å²) in [6.07, 6.45) is 2.58. The maximum Gasteiger partial charge on any atom is 0.158 e. The van der Waals surface area contributed by atoms with Crippen molar-refractivity contribution in [2.45, 2.75) is 38.6 Å². The van der Waals surface area contributed by atoms with Gasteiger partial charge in [0.25, 0.3) is 0 Å². The highest BCUT2D eigenvalue weighted by molar-refractivity contribution is 5.03. The first-order chi connectivity index (χ1) is 6.29. The standard InChI is InChI=1S/C10H16O3/c1-9(11)5-4-8-13-10-6-2-3-7-12-10/h9-11H,2-3,6-8H2,1H3. The number of rotatable bonds is 2. The summed E-state index contributed by atoms with van der Waals surface area (Å²) < 4.78 is 10.7. The van der Waals surface area contributed by atoms with Crippen molar-refractivity contribution in [3.63, 3.8) is 0 Å². The van der Waals surface area contributed by atoms with E-state index in [-0.39, 0.29) is 6.29 Å². The molecule has 0 radical (unpaired) electrons. The van der Waals surface area contributed by atoms with Crippen LogP contribution in [0.5, 0.6) is 0 Å². The van der Waals surface area contributed by atoms with Crippen LogP contribution < -0.4 is 0 Å². The Balaban J connectivity index is 2.08. The van der Waals surface area contributed by atoms with Crippen LogP contribution in [-0.2, 0) is 9.47 Å². The fourth-order valence-corrected chi connectivity index (χ4v) is 1.17. The third kappa shape index (κ3) is 4.89. The zero-order valence-corrected chi connectivity index (χ0v) is 7.95. The average molecular weight is 184 g/mol. The van der Waals surface area contributed by atoms with Crippen LogP contribution in [0, 0.1) is 11.8 Å². The summed E-state index contributed by atoms with van der Waals surface area (Å²) in [5.41, 5.74) is 0. The molecule has 0 aromatic rings. The third-order valence-corrected chi connectivity index (χ3v) is 1.79. The van der Waals surface area contributed by atoms with Gasteiger partial charge in [-0.05, 0) is 26.2 Å². The van der Waals surface area contributed by atoms with Gasteiger partial charge in [-0.2, -0.15) is 0 Å². The second kappa shape index (κ2) is 5.98. The van der Waals surface area contributed by atoms with Crippen LogP contribution in [-0.4, -0.2) is 30.7 Å². The van der Waals surface area contributed by atoms with E-state index in [0.717, 1.165) is 25.9 Å². The molecule has 0 aromatic carbocycles. The molecule has 2 atom stereocenters. The molecule has 3 heteroatoms. The molecule has 2 unspecified atom stereocenters. The number of aliphatic hydroxyl groups excluding tert-OH is 1. The van der Waals surface area contributed by atoms with E-state index in [9.17, 15) is 0 Å². The highest BCUT2D eigenvalue weighted by Gasteiger charge is 2.12. The first kappa shape index (κ1) is 10.5. The number of hydrogen-bond acceptors (Lipinski definition) is 3. The van der Waals surface area contributed by atoms with Crippen molar-refractivity contribution in [1.29, 1.82) is 0 Å². The minimum atomic E-state index is -0.573. The Hall–Kier alpha value is -0.560. The molecule has 0 aromatic heterocycles. The molecule has 0 amide bonds. The Labute approximate surface area is 79.0 Å². The quantitative estimate of drug-likeness (QED) is 0.648.